The van der Waals surface area contributed by atoms with Gasteiger partial charge in [0.15, 0.2) is 5.16 Å². The maximum Gasteiger partial charge on any atom is 0.191 e. The Labute approximate surface area is 126 Å². The predicted octanol–water partition coefficient (Wildman–Crippen LogP) is 2.89. The van der Waals surface area contributed by atoms with Crippen LogP contribution < -0.4 is 21.3 Å². The predicted molar refractivity (Wildman–Crippen MR) is 82.9 cm³/mol. The molecule has 0 bridgehead atoms. The molecule has 6 nitrogen and oxygen atoms in total. The van der Waals surface area contributed by atoms with Crippen LogP contribution in [0.3, 0.4) is 0 Å². The van der Waals surface area contributed by atoms with E-state index in [0.29, 0.717) is 27.6 Å². The fourth-order valence-corrected chi connectivity index (χ4v) is 2.11. The zero-order valence-electron chi connectivity index (χ0n) is 11.0. The lowest BCUT2D eigenvalue weighted by atomic mass is 10.3. The quantitative estimate of drug-likeness (QED) is 0.339. The van der Waals surface area contributed by atoms with Crippen LogP contribution in [-0.2, 0) is 0 Å². The van der Waals surface area contributed by atoms with Gasteiger partial charge in [-0.05, 0) is 18.4 Å². The molecule has 0 amide bonds. The summed E-state index contributed by atoms with van der Waals surface area (Å²) in [5, 5.41) is 4.32. The van der Waals surface area contributed by atoms with Crippen LogP contribution in [0.5, 0.6) is 5.75 Å². The van der Waals surface area contributed by atoms with E-state index in [0.717, 1.165) is 5.69 Å². The zero-order chi connectivity index (χ0) is 14.5. The van der Waals surface area contributed by atoms with Crippen molar-refractivity contribution in [2.45, 2.75) is 5.16 Å². The fourth-order valence-electron chi connectivity index (χ4n) is 1.54. The summed E-state index contributed by atoms with van der Waals surface area (Å²) < 4.78 is 5.17. The molecule has 2 rings (SSSR count). The summed E-state index contributed by atoms with van der Waals surface area (Å²) in [4.78, 5) is 8.53. The third kappa shape index (κ3) is 3.44. The van der Waals surface area contributed by atoms with Gasteiger partial charge in [-0.2, -0.15) is 0 Å². The average Bonchev–Trinajstić information content (AvgIpc) is 2.48. The number of halogens is 1. The monoisotopic (exact) mass is 311 g/mol. The Morgan fingerprint density at radius 3 is 2.65 bits per heavy atom. The molecule has 1 aromatic heterocycles. The lowest BCUT2D eigenvalue weighted by Crippen LogP contribution is -2.10. The number of nitrogens with one attached hydrogen (secondary N) is 2. The van der Waals surface area contributed by atoms with Crippen molar-refractivity contribution in [1.29, 1.82) is 0 Å². The number of benzene rings is 1. The molecule has 0 fully saturated rings. The normalized spacial score (nSPS) is 10.2. The van der Waals surface area contributed by atoms with Gasteiger partial charge in [-0.15, -0.1) is 0 Å². The standard InChI is InChI=1S/C12H14ClN5OS/c1-19-9-5-7(3-4-8(9)13)15-10-6-11(18-14)17-12(16-10)20-2/h3-6H,14H2,1-2H3,(H2,15,16,17,18). The van der Waals surface area contributed by atoms with Gasteiger partial charge in [0.1, 0.15) is 17.4 Å². The van der Waals surface area contributed by atoms with Gasteiger partial charge in [-0.1, -0.05) is 23.4 Å². The Balaban J connectivity index is 2.29. The van der Waals surface area contributed by atoms with E-state index in [9.17, 15) is 0 Å². The van der Waals surface area contributed by atoms with E-state index < -0.39 is 0 Å². The van der Waals surface area contributed by atoms with E-state index in [1.807, 2.05) is 12.3 Å². The minimum Gasteiger partial charge on any atom is -0.495 e. The van der Waals surface area contributed by atoms with Crippen molar-refractivity contribution in [3.05, 3.63) is 29.3 Å². The summed E-state index contributed by atoms with van der Waals surface area (Å²) in [6, 6.07) is 7.09. The summed E-state index contributed by atoms with van der Waals surface area (Å²) >= 11 is 7.42. The first-order valence-electron chi connectivity index (χ1n) is 5.66. The number of methoxy groups -OCH3 is 1. The van der Waals surface area contributed by atoms with Crippen molar-refractivity contribution < 1.29 is 4.74 Å². The number of anilines is 3. The largest absolute Gasteiger partial charge is 0.495 e. The third-order valence-electron chi connectivity index (χ3n) is 2.46. The number of hydrogen-bond acceptors (Lipinski definition) is 7. The molecule has 1 aromatic carbocycles. The maximum atomic E-state index is 5.99. The number of ether oxygens (including phenoxy) is 1. The Morgan fingerprint density at radius 2 is 2.00 bits per heavy atom. The van der Waals surface area contributed by atoms with Crippen LogP contribution in [0.25, 0.3) is 0 Å². The van der Waals surface area contributed by atoms with Crippen LogP contribution in [-0.4, -0.2) is 23.3 Å². The number of hydrogen-bond donors (Lipinski definition) is 3. The topological polar surface area (TPSA) is 85.1 Å². The SMILES string of the molecule is COc1cc(Nc2cc(NN)nc(SC)n2)ccc1Cl. The smallest absolute Gasteiger partial charge is 0.191 e. The maximum absolute atomic E-state index is 5.99. The highest BCUT2D eigenvalue weighted by Crippen LogP contribution is 2.29. The Kier molecular flexibility index (Phi) is 4.89. The van der Waals surface area contributed by atoms with Crippen LogP contribution in [0.1, 0.15) is 0 Å². The van der Waals surface area contributed by atoms with Gasteiger partial charge in [-0.25, -0.2) is 15.8 Å². The average molecular weight is 312 g/mol. The minimum atomic E-state index is 0.535. The summed E-state index contributed by atoms with van der Waals surface area (Å²) in [7, 11) is 1.57. The number of nitrogen functional groups attached to an aromatic ring is 1. The summed E-state index contributed by atoms with van der Waals surface area (Å²) in [6.07, 6.45) is 1.89. The molecule has 106 valence electrons. The molecule has 0 saturated carbocycles. The number of rotatable bonds is 5. The van der Waals surface area contributed by atoms with E-state index >= 15 is 0 Å². The van der Waals surface area contributed by atoms with E-state index in [1.165, 1.54) is 11.8 Å². The van der Waals surface area contributed by atoms with E-state index in [-0.39, 0.29) is 0 Å². The lowest BCUT2D eigenvalue weighted by molar-refractivity contribution is 0.415. The van der Waals surface area contributed by atoms with Gasteiger partial charge in [0, 0.05) is 17.8 Å². The minimum absolute atomic E-state index is 0.535. The molecule has 1 heterocycles. The van der Waals surface area contributed by atoms with Crippen molar-refractivity contribution in [2.24, 2.45) is 5.84 Å². The molecule has 0 aliphatic rings. The Morgan fingerprint density at radius 1 is 1.25 bits per heavy atom. The van der Waals surface area contributed by atoms with Crippen molar-refractivity contribution in [3.63, 3.8) is 0 Å². The molecular weight excluding hydrogens is 298 g/mol. The van der Waals surface area contributed by atoms with Gasteiger partial charge in [0.05, 0.1) is 12.1 Å². The molecular formula is C12H14ClN5OS. The second-order valence-corrected chi connectivity index (χ2v) is 4.92. The summed E-state index contributed by atoms with van der Waals surface area (Å²) in [5.74, 6) is 7.14. The first kappa shape index (κ1) is 14.7. The van der Waals surface area contributed by atoms with Crippen molar-refractivity contribution in [1.82, 2.24) is 9.97 Å². The van der Waals surface area contributed by atoms with Crippen LogP contribution in [0, 0.1) is 0 Å². The molecule has 0 radical (unpaired) electrons. The van der Waals surface area contributed by atoms with Crippen LogP contribution in [0.2, 0.25) is 5.02 Å². The van der Waals surface area contributed by atoms with Gasteiger partial charge in [0.2, 0.25) is 0 Å². The highest BCUT2D eigenvalue weighted by atomic mass is 35.5. The second kappa shape index (κ2) is 6.65. The van der Waals surface area contributed by atoms with Crippen molar-refractivity contribution in [2.75, 3.05) is 24.1 Å². The first-order chi connectivity index (χ1) is 9.66. The number of thioether (sulfide) groups is 1. The number of nitrogens with two attached hydrogens (primary N) is 1. The molecule has 0 unspecified atom stereocenters. The Hall–Kier alpha value is -1.70. The second-order valence-electron chi connectivity index (χ2n) is 3.74. The molecule has 0 saturated heterocycles. The first-order valence-corrected chi connectivity index (χ1v) is 7.26. The fraction of sp³-hybridized carbons (Fsp3) is 0.167. The highest BCUT2D eigenvalue weighted by Gasteiger charge is 2.06. The highest BCUT2D eigenvalue weighted by molar-refractivity contribution is 7.98. The molecule has 0 spiro atoms. The molecule has 8 heteroatoms. The number of aromatic nitrogens is 2. The van der Waals surface area contributed by atoms with Crippen molar-refractivity contribution >= 4 is 40.7 Å². The van der Waals surface area contributed by atoms with E-state index in [4.69, 9.17) is 22.2 Å². The van der Waals surface area contributed by atoms with Gasteiger partial charge >= 0.3 is 0 Å². The number of nitrogens with zero attached hydrogens (tertiary/aromatic N) is 2. The van der Waals surface area contributed by atoms with Crippen LogP contribution in [0.15, 0.2) is 29.4 Å². The van der Waals surface area contributed by atoms with Crippen molar-refractivity contribution in [3.8, 4) is 5.75 Å². The molecule has 20 heavy (non-hydrogen) atoms. The van der Waals surface area contributed by atoms with Crippen LogP contribution >= 0.6 is 23.4 Å². The van der Waals surface area contributed by atoms with Gasteiger partial charge < -0.3 is 15.5 Å². The number of hydrazine groups is 1. The molecule has 0 atom stereocenters. The lowest BCUT2D eigenvalue weighted by Gasteiger charge is -2.10. The summed E-state index contributed by atoms with van der Waals surface area (Å²) in [5.41, 5.74) is 3.31. The van der Waals surface area contributed by atoms with Gasteiger partial charge in [0.25, 0.3) is 0 Å². The molecule has 4 N–H and O–H groups in total. The molecule has 0 aliphatic carbocycles. The molecule has 0 aliphatic heterocycles. The summed E-state index contributed by atoms with van der Waals surface area (Å²) in [6.45, 7) is 0. The third-order valence-corrected chi connectivity index (χ3v) is 3.32. The zero-order valence-corrected chi connectivity index (χ0v) is 12.5. The van der Waals surface area contributed by atoms with Gasteiger partial charge in [-0.3, -0.25) is 0 Å². The van der Waals surface area contributed by atoms with Crippen LogP contribution in [0.4, 0.5) is 17.3 Å². The van der Waals surface area contributed by atoms with E-state index in [2.05, 4.69) is 20.7 Å². The van der Waals surface area contributed by atoms with E-state index in [1.54, 1.807) is 25.3 Å². The Bertz CT molecular complexity index is 588. The molecule has 2 aromatic rings.